The quantitative estimate of drug-likeness (QED) is 0.309. The summed E-state index contributed by atoms with van der Waals surface area (Å²) < 4.78 is 33.5. The molecule has 0 radical (unpaired) electrons. The van der Waals surface area contributed by atoms with E-state index in [1.54, 1.807) is 10.4 Å². The highest BCUT2D eigenvalue weighted by molar-refractivity contribution is 14.0. The minimum atomic E-state index is -3.36. The van der Waals surface area contributed by atoms with Gasteiger partial charge in [0.15, 0.2) is 5.96 Å². The highest BCUT2D eigenvalue weighted by Crippen LogP contribution is 2.27. The van der Waals surface area contributed by atoms with Crippen molar-refractivity contribution in [3.63, 3.8) is 0 Å². The minimum absolute atomic E-state index is 0. The molecule has 3 heterocycles. The summed E-state index contributed by atoms with van der Waals surface area (Å²) >= 11 is 1.34. The predicted molar refractivity (Wildman–Crippen MR) is 133 cm³/mol. The van der Waals surface area contributed by atoms with Crippen molar-refractivity contribution in [2.75, 3.05) is 39.3 Å². The number of nitrogens with zero attached hydrogens (tertiary/aromatic N) is 3. The summed E-state index contributed by atoms with van der Waals surface area (Å²) in [4.78, 5) is 8.03. The van der Waals surface area contributed by atoms with E-state index in [0.29, 0.717) is 29.9 Å². The van der Waals surface area contributed by atoms with E-state index >= 15 is 0 Å². The molecule has 2 fully saturated rings. The number of likely N-dealkylation sites (tertiary alicyclic amines) is 1. The van der Waals surface area contributed by atoms with Crippen LogP contribution in [0.1, 0.15) is 50.8 Å². The molecule has 0 bridgehead atoms. The fourth-order valence-electron chi connectivity index (χ4n) is 3.86. The third-order valence-corrected chi connectivity index (χ3v) is 8.85. The van der Waals surface area contributed by atoms with Crippen LogP contribution in [0.5, 0.6) is 0 Å². The molecule has 3 rings (SSSR count). The summed E-state index contributed by atoms with van der Waals surface area (Å²) in [6, 6.07) is 3.63. The Labute approximate surface area is 202 Å². The molecule has 0 saturated carbocycles. The van der Waals surface area contributed by atoms with Gasteiger partial charge in [0.1, 0.15) is 4.21 Å². The largest absolute Gasteiger partial charge is 0.378 e. The van der Waals surface area contributed by atoms with Crippen molar-refractivity contribution in [2.24, 2.45) is 4.99 Å². The number of rotatable bonds is 7. The summed E-state index contributed by atoms with van der Waals surface area (Å²) in [5, 5.41) is 3.37. The number of halogens is 1. The van der Waals surface area contributed by atoms with Gasteiger partial charge >= 0.3 is 0 Å². The zero-order chi connectivity index (χ0) is 20.7. The lowest BCUT2D eigenvalue weighted by Crippen LogP contribution is -2.47. The summed E-state index contributed by atoms with van der Waals surface area (Å²) in [5.74, 6) is 0.899. The molecule has 0 spiro atoms. The van der Waals surface area contributed by atoms with Crippen LogP contribution in [-0.2, 0) is 21.3 Å². The van der Waals surface area contributed by atoms with E-state index in [4.69, 9.17) is 9.73 Å². The summed E-state index contributed by atoms with van der Waals surface area (Å²) in [7, 11) is -3.36. The Morgan fingerprint density at radius 2 is 1.87 bits per heavy atom. The van der Waals surface area contributed by atoms with Gasteiger partial charge in [-0.2, -0.15) is 4.31 Å². The number of hydrogen-bond donors (Lipinski definition) is 1. The minimum Gasteiger partial charge on any atom is -0.378 e. The molecule has 7 nitrogen and oxygen atoms in total. The lowest BCUT2D eigenvalue weighted by atomic mass is 10.1. The normalized spacial score (nSPS) is 19.5. The third-order valence-electron chi connectivity index (χ3n) is 5.41. The van der Waals surface area contributed by atoms with E-state index in [2.05, 4.69) is 17.1 Å². The monoisotopic (exact) mass is 570 g/mol. The van der Waals surface area contributed by atoms with Crippen LogP contribution in [0.15, 0.2) is 21.3 Å². The zero-order valence-corrected chi connectivity index (χ0v) is 22.0. The maximum absolute atomic E-state index is 12.8. The van der Waals surface area contributed by atoms with E-state index < -0.39 is 10.0 Å². The molecule has 1 aromatic heterocycles. The van der Waals surface area contributed by atoms with Gasteiger partial charge in [-0.3, -0.25) is 0 Å². The molecule has 2 aliphatic heterocycles. The van der Waals surface area contributed by atoms with Crippen molar-refractivity contribution in [1.29, 1.82) is 0 Å². The van der Waals surface area contributed by atoms with Crippen LogP contribution in [0, 0.1) is 0 Å². The zero-order valence-electron chi connectivity index (χ0n) is 18.0. The first-order valence-electron chi connectivity index (χ1n) is 10.8. The molecule has 2 aliphatic rings. The first-order chi connectivity index (χ1) is 14.0. The van der Waals surface area contributed by atoms with Crippen LogP contribution >= 0.6 is 35.3 Å². The average molecular weight is 571 g/mol. The SMILES string of the molecule is CCNC(=NCc1ccc(S(=O)(=O)N2CCCCC2)s1)N1CCC(OCC)CC1.I. The van der Waals surface area contributed by atoms with Gasteiger partial charge in [-0.15, -0.1) is 35.3 Å². The number of aliphatic imine (C=N–C) groups is 1. The van der Waals surface area contributed by atoms with E-state index in [9.17, 15) is 8.42 Å². The van der Waals surface area contributed by atoms with Gasteiger partial charge in [0.05, 0.1) is 12.6 Å². The molecular formula is C20H35IN4O3S2. The smallest absolute Gasteiger partial charge is 0.252 e. The van der Waals surface area contributed by atoms with Crippen LogP contribution in [0.4, 0.5) is 0 Å². The van der Waals surface area contributed by atoms with Crippen LogP contribution in [-0.4, -0.2) is 69.0 Å². The number of ether oxygens (including phenoxy) is 1. The van der Waals surface area contributed by atoms with Crippen molar-refractivity contribution in [2.45, 2.75) is 62.8 Å². The number of guanidine groups is 1. The van der Waals surface area contributed by atoms with Crippen molar-refractivity contribution < 1.29 is 13.2 Å². The van der Waals surface area contributed by atoms with Crippen LogP contribution in [0.25, 0.3) is 0 Å². The first kappa shape index (κ1) is 25.8. The van der Waals surface area contributed by atoms with Crippen molar-refractivity contribution in [3.05, 3.63) is 17.0 Å². The Bertz CT molecular complexity index is 771. The Morgan fingerprint density at radius 1 is 1.17 bits per heavy atom. The molecule has 30 heavy (non-hydrogen) atoms. The molecule has 0 aliphatic carbocycles. The number of piperidine rings is 2. The highest BCUT2D eigenvalue weighted by atomic mass is 127. The maximum Gasteiger partial charge on any atom is 0.252 e. The molecule has 2 saturated heterocycles. The number of hydrogen-bond acceptors (Lipinski definition) is 5. The van der Waals surface area contributed by atoms with E-state index in [1.165, 1.54) is 11.3 Å². The van der Waals surface area contributed by atoms with Crippen LogP contribution in [0.3, 0.4) is 0 Å². The van der Waals surface area contributed by atoms with Gasteiger partial charge in [0.2, 0.25) is 0 Å². The van der Waals surface area contributed by atoms with Crippen molar-refractivity contribution >= 4 is 51.3 Å². The van der Waals surface area contributed by atoms with E-state index in [1.807, 2.05) is 13.0 Å². The fourth-order valence-corrected chi connectivity index (χ4v) is 6.81. The number of sulfonamides is 1. The van der Waals surface area contributed by atoms with Gasteiger partial charge in [-0.25, -0.2) is 13.4 Å². The lowest BCUT2D eigenvalue weighted by molar-refractivity contribution is 0.0263. The lowest BCUT2D eigenvalue weighted by Gasteiger charge is -2.34. The standard InChI is InChI=1S/C20H34N4O3S2.HI/c1-3-21-20(23-14-10-17(11-15-23)27-4-2)22-16-18-8-9-19(28-18)29(25,26)24-12-6-5-7-13-24;/h8-9,17H,3-7,10-16H2,1-2H3,(H,21,22);1H. The molecular weight excluding hydrogens is 535 g/mol. The molecule has 10 heteroatoms. The van der Waals surface area contributed by atoms with Crippen molar-refractivity contribution in [1.82, 2.24) is 14.5 Å². The summed E-state index contributed by atoms with van der Waals surface area (Å²) in [5.41, 5.74) is 0. The molecule has 172 valence electrons. The molecule has 0 unspecified atom stereocenters. The van der Waals surface area contributed by atoms with Gasteiger partial charge in [0, 0.05) is 44.2 Å². The van der Waals surface area contributed by atoms with E-state index in [0.717, 1.165) is 69.2 Å². The molecule has 1 N–H and O–H groups in total. The first-order valence-corrected chi connectivity index (χ1v) is 13.0. The Hall–Kier alpha value is -0.430. The molecule has 0 amide bonds. The summed E-state index contributed by atoms with van der Waals surface area (Å²) in [6.45, 7) is 9.30. The van der Waals surface area contributed by atoms with Gasteiger partial charge in [-0.05, 0) is 51.7 Å². The Kier molecular flexibility index (Phi) is 10.8. The van der Waals surface area contributed by atoms with Crippen LogP contribution in [0.2, 0.25) is 0 Å². The van der Waals surface area contributed by atoms with Gasteiger partial charge < -0.3 is 15.0 Å². The Morgan fingerprint density at radius 3 is 2.50 bits per heavy atom. The maximum atomic E-state index is 12.8. The second kappa shape index (κ2) is 12.6. The van der Waals surface area contributed by atoms with Crippen LogP contribution < -0.4 is 5.32 Å². The highest BCUT2D eigenvalue weighted by Gasteiger charge is 2.27. The average Bonchev–Trinajstić information content (AvgIpc) is 3.23. The van der Waals surface area contributed by atoms with Crippen molar-refractivity contribution in [3.8, 4) is 0 Å². The molecule has 0 aromatic carbocycles. The Balaban J connectivity index is 0.00000320. The third kappa shape index (κ3) is 6.78. The second-order valence-electron chi connectivity index (χ2n) is 7.50. The number of thiophene rings is 1. The fraction of sp³-hybridized carbons (Fsp3) is 0.750. The predicted octanol–water partition coefficient (Wildman–Crippen LogP) is 3.51. The molecule has 1 aromatic rings. The number of nitrogens with one attached hydrogen (secondary N) is 1. The second-order valence-corrected chi connectivity index (χ2v) is 10.8. The molecule has 0 atom stereocenters. The summed E-state index contributed by atoms with van der Waals surface area (Å²) in [6.07, 6.45) is 5.39. The van der Waals surface area contributed by atoms with Gasteiger partial charge in [-0.1, -0.05) is 6.42 Å². The van der Waals surface area contributed by atoms with E-state index in [-0.39, 0.29) is 24.0 Å². The van der Waals surface area contributed by atoms with Gasteiger partial charge in [0.25, 0.3) is 10.0 Å². The topological polar surface area (TPSA) is 74.2 Å².